The molecule has 2 N–H and O–H groups in total. The number of halogens is 3. The Balaban J connectivity index is 1.61. The number of pyridine rings is 1. The van der Waals surface area contributed by atoms with Crippen LogP contribution < -0.4 is 9.62 Å². The third-order valence-corrected chi connectivity index (χ3v) is 8.41. The van der Waals surface area contributed by atoms with Crippen molar-refractivity contribution in [3.05, 3.63) is 23.4 Å². The number of nitrogens with zero attached hydrogens (tertiary/aromatic N) is 3. The Morgan fingerprint density at radius 2 is 1.97 bits per heavy atom. The van der Waals surface area contributed by atoms with Gasteiger partial charge in [-0.15, -0.1) is 0 Å². The fraction of sp³-hybridized carbons (Fsp3) is 0.727. The van der Waals surface area contributed by atoms with Crippen molar-refractivity contribution in [2.75, 3.05) is 30.4 Å². The monoisotopic (exact) mass is 520 g/mol. The van der Waals surface area contributed by atoms with E-state index in [-0.39, 0.29) is 36.7 Å². The number of anilines is 1. The maximum absolute atomic E-state index is 13.8. The third-order valence-electron chi connectivity index (χ3n) is 7.32. The van der Waals surface area contributed by atoms with Crippen molar-refractivity contribution < 1.29 is 36.2 Å². The number of rotatable bonds is 5. The van der Waals surface area contributed by atoms with Gasteiger partial charge in [0.1, 0.15) is 12.5 Å². The number of fused-ring (bicyclic) bond motifs is 1. The molecule has 1 saturated heterocycles. The molecule has 0 aromatic carbocycles. The highest BCUT2D eigenvalue weighted by molar-refractivity contribution is 7.92. The quantitative estimate of drug-likeness (QED) is 0.610. The maximum Gasteiger partial charge on any atom is 0.417 e. The lowest BCUT2D eigenvalue weighted by Gasteiger charge is -2.42. The summed E-state index contributed by atoms with van der Waals surface area (Å²) in [5.41, 5.74) is -2.20. The molecule has 13 heteroatoms. The minimum absolute atomic E-state index is 0.0135. The van der Waals surface area contributed by atoms with E-state index < -0.39 is 39.2 Å². The predicted molar refractivity (Wildman–Crippen MR) is 121 cm³/mol. The van der Waals surface area contributed by atoms with Crippen molar-refractivity contribution in [1.29, 1.82) is 0 Å². The summed E-state index contributed by atoms with van der Waals surface area (Å²) in [4.78, 5) is 18.8. The highest BCUT2D eigenvalue weighted by atomic mass is 32.2. The minimum Gasteiger partial charge on any atom is -0.392 e. The summed E-state index contributed by atoms with van der Waals surface area (Å²) >= 11 is 0. The van der Waals surface area contributed by atoms with E-state index in [2.05, 4.69) is 10.3 Å². The highest BCUT2D eigenvalue weighted by Crippen LogP contribution is 2.45. The first-order chi connectivity index (χ1) is 16.3. The average molecular weight is 521 g/mol. The number of ether oxygens (including phenoxy) is 1. The summed E-state index contributed by atoms with van der Waals surface area (Å²) in [5, 5.41) is 14.3. The third kappa shape index (κ3) is 5.27. The van der Waals surface area contributed by atoms with Crippen LogP contribution in [0.1, 0.15) is 50.2 Å². The van der Waals surface area contributed by atoms with Gasteiger partial charge in [0.25, 0.3) is 0 Å². The fourth-order valence-corrected chi connectivity index (χ4v) is 6.19. The molecule has 4 rings (SSSR count). The van der Waals surface area contributed by atoms with Gasteiger partial charge in [-0.2, -0.15) is 13.2 Å². The summed E-state index contributed by atoms with van der Waals surface area (Å²) in [6.07, 6.45) is -1.10. The number of carbonyl (C=O) groups is 1. The van der Waals surface area contributed by atoms with E-state index in [0.717, 1.165) is 29.5 Å². The molecule has 0 bridgehead atoms. The van der Waals surface area contributed by atoms with Crippen molar-refractivity contribution in [3.63, 3.8) is 0 Å². The number of aromatic nitrogens is 1. The molecule has 2 aliphatic heterocycles. The van der Waals surface area contributed by atoms with Gasteiger partial charge in [0, 0.05) is 37.1 Å². The van der Waals surface area contributed by atoms with E-state index in [1.54, 1.807) is 0 Å². The molecule has 3 heterocycles. The van der Waals surface area contributed by atoms with E-state index >= 15 is 0 Å². The van der Waals surface area contributed by atoms with E-state index in [1.807, 2.05) is 0 Å². The number of hydrogen-bond donors (Lipinski definition) is 2. The van der Waals surface area contributed by atoms with Crippen molar-refractivity contribution in [1.82, 2.24) is 15.2 Å². The largest absolute Gasteiger partial charge is 0.417 e. The molecular formula is C22H31F3N4O5S. The molecule has 0 radical (unpaired) electrons. The Kier molecular flexibility index (Phi) is 7.08. The summed E-state index contributed by atoms with van der Waals surface area (Å²) in [5.74, 6) is -0.596. The zero-order valence-corrected chi connectivity index (χ0v) is 20.5. The van der Waals surface area contributed by atoms with E-state index in [1.165, 1.54) is 11.8 Å². The van der Waals surface area contributed by atoms with Crippen molar-refractivity contribution in [2.45, 2.75) is 69.9 Å². The second-order valence-electron chi connectivity index (χ2n) is 9.79. The van der Waals surface area contributed by atoms with Gasteiger partial charge in [0.15, 0.2) is 0 Å². The van der Waals surface area contributed by atoms with Crippen LogP contribution in [0.3, 0.4) is 0 Å². The van der Waals surface area contributed by atoms with Gasteiger partial charge < -0.3 is 20.1 Å². The SMILES string of the molecule is CC(O)C1(C(=O)N2Cc3cc(C(F)(F)F)cnc3N(S(C)(=O)=O)C2)CCC(NC2CCOCC2)C1. The van der Waals surface area contributed by atoms with Crippen LogP contribution in [0.5, 0.6) is 0 Å². The molecule has 9 nitrogen and oxygen atoms in total. The summed E-state index contributed by atoms with van der Waals surface area (Å²) < 4.78 is 71.0. The first-order valence-electron chi connectivity index (χ1n) is 11.7. The molecular weight excluding hydrogens is 489 g/mol. The Morgan fingerprint density at radius 3 is 2.57 bits per heavy atom. The smallest absolute Gasteiger partial charge is 0.392 e. The standard InChI is InChI=1S/C22H31F3N4O5S/c1-14(30)21(6-3-18(10-21)27-17-4-7-34-8-5-17)20(31)28-12-15-9-16(22(23,24)25)11-26-19(15)29(13-28)35(2,32)33/h9,11,14,17-18,27,30H,3-8,10,12-13H2,1-2H3. The summed E-state index contributed by atoms with van der Waals surface area (Å²) in [6, 6.07) is 1.07. The molecule has 35 heavy (non-hydrogen) atoms. The van der Waals surface area contributed by atoms with Crippen LogP contribution in [0.25, 0.3) is 0 Å². The number of sulfonamides is 1. The maximum atomic E-state index is 13.8. The van der Waals surface area contributed by atoms with Crippen molar-refractivity contribution >= 4 is 21.7 Å². The number of carbonyl (C=O) groups excluding carboxylic acids is 1. The van der Waals surface area contributed by atoms with Crippen LogP contribution >= 0.6 is 0 Å². The Hall–Kier alpha value is -1.96. The zero-order valence-electron chi connectivity index (χ0n) is 19.7. The Morgan fingerprint density at radius 1 is 1.29 bits per heavy atom. The van der Waals surface area contributed by atoms with Gasteiger partial charge in [-0.05, 0) is 45.1 Å². The van der Waals surface area contributed by atoms with Crippen LogP contribution in [-0.4, -0.2) is 73.6 Å². The average Bonchev–Trinajstić information content (AvgIpc) is 3.22. The zero-order chi connectivity index (χ0) is 25.6. The fourth-order valence-electron chi connectivity index (χ4n) is 5.36. The molecule has 1 aromatic heterocycles. The van der Waals surface area contributed by atoms with Gasteiger partial charge in [0.05, 0.1) is 29.9 Å². The molecule has 0 spiro atoms. The number of nitrogens with one attached hydrogen (secondary N) is 1. The lowest BCUT2D eigenvalue weighted by molar-refractivity contribution is -0.149. The topological polar surface area (TPSA) is 112 Å². The van der Waals surface area contributed by atoms with E-state index in [0.29, 0.717) is 38.7 Å². The van der Waals surface area contributed by atoms with Crippen LogP contribution in [0.15, 0.2) is 12.3 Å². The predicted octanol–water partition coefficient (Wildman–Crippen LogP) is 1.85. The Bertz CT molecular complexity index is 1060. The van der Waals surface area contributed by atoms with Gasteiger partial charge >= 0.3 is 6.18 Å². The lowest BCUT2D eigenvalue weighted by Crippen LogP contribution is -2.55. The molecule has 1 saturated carbocycles. The summed E-state index contributed by atoms with van der Waals surface area (Å²) in [7, 11) is -3.94. The second-order valence-corrected chi connectivity index (χ2v) is 11.7. The molecule has 2 fully saturated rings. The van der Waals surface area contributed by atoms with Crippen molar-refractivity contribution in [3.8, 4) is 0 Å². The molecule has 1 amide bonds. The van der Waals surface area contributed by atoms with E-state index in [9.17, 15) is 31.5 Å². The van der Waals surface area contributed by atoms with Gasteiger partial charge in [-0.1, -0.05) is 0 Å². The van der Waals surface area contributed by atoms with Gasteiger partial charge in [-0.3, -0.25) is 4.79 Å². The molecule has 1 aliphatic carbocycles. The molecule has 1 aromatic rings. The van der Waals surface area contributed by atoms with Crippen LogP contribution in [0, 0.1) is 5.41 Å². The second kappa shape index (κ2) is 9.49. The molecule has 3 atom stereocenters. The van der Waals surface area contributed by atoms with Crippen LogP contribution in [-0.2, 0) is 32.3 Å². The van der Waals surface area contributed by atoms with Crippen LogP contribution in [0.4, 0.5) is 19.0 Å². The number of alkyl halides is 3. The van der Waals surface area contributed by atoms with Crippen LogP contribution in [0.2, 0.25) is 0 Å². The minimum atomic E-state index is -4.67. The van der Waals surface area contributed by atoms with E-state index in [4.69, 9.17) is 4.74 Å². The summed E-state index contributed by atoms with van der Waals surface area (Å²) in [6.45, 7) is 2.24. The first-order valence-corrected chi connectivity index (χ1v) is 13.5. The first kappa shape index (κ1) is 26.1. The molecule has 3 aliphatic rings. The highest BCUT2D eigenvalue weighted by Gasteiger charge is 2.52. The normalized spacial score (nSPS) is 27.1. The molecule has 3 unspecified atom stereocenters. The Labute approximate surface area is 202 Å². The number of aliphatic hydroxyl groups is 1. The molecule has 196 valence electrons. The number of aliphatic hydroxyl groups excluding tert-OH is 1. The van der Waals surface area contributed by atoms with Gasteiger partial charge in [-0.25, -0.2) is 17.7 Å². The van der Waals surface area contributed by atoms with Gasteiger partial charge in [0.2, 0.25) is 15.9 Å². The lowest BCUT2D eigenvalue weighted by atomic mass is 9.79. The number of amides is 1. The number of hydrogen-bond acceptors (Lipinski definition) is 7. The van der Waals surface area contributed by atoms with Crippen molar-refractivity contribution in [2.24, 2.45) is 5.41 Å².